The highest BCUT2D eigenvalue weighted by atomic mass is 79.9. The van der Waals surface area contributed by atoms with E-state index in [1.165, 1.54) is 18.3 Å². The van der Waals surface area contributed by atoms with Crippen molar-refractivity contribution >= 4 is 33.5 Å². The standard InChI is InChI=1S/C17H17BrN2O3/c1-17(2,3)13-6-4-5-7-15(13)19-10-11-8-12(20(22)23)9-14(18)16(11)21/h4-10,21H,1-3H3/b19-10+. The normalized spacial score (nSPS) is 11.8. The van der Waals surface area contributed by atoms with Gasteiger partial charge in [-0.1, -0.05) is 39.0 Å². The minimum atomic E-state index is -0.509. The van der Waals surface area contributed by atoms with Crippen molar-refractivity contribution in [2.24, 2.45) is 4.99 Å². The lowest BCUT2D eigenvalue weighted by molar-refractivity contribution is -0.385. The number of benzene rings is 2. The van der Waals surface area contributed by atoms with Gasteiger partial charge in [0.15, 0.2) is 0 Å². The number of aliphatic imine (C=N–C) groups is 1. The summed E-state index contributed by atoms with van der Waals surface area (Å²) in [6, 6.07) is 10.3. The van der Waals surface area contributed by atoms with E-state index in [0.717, 1.165) is 11.3 Å². The van der Waals surface area contributed by atoms with Crippen molar-refractivity contribution in [3.8, 4) is 5.75 Å². The third-order valence-electron chi connectivity index (χ3n) is 3.34. The second-order valence-electron chi connectivity index (χ2n) is 6.15. The van der Waals surface area contributed by atoms with Crippen LogP contribution in [0.2, 0.25) is 0 Å². The van der Waals surface area contributed by atoms with Gasteiger partial charge in [0.05, 0.1) is 15.1 Å². The summed E-state index contributed by atoms with van der Waals surface area (Å²) in [5, 5.41) is 21.0. The van der Waals surface area contributed by atoms with Crippen LogP contribution in [0.25, 0.3) is 0 Å². The molecule has 0 spiro atoms. The Morgan fingerprint density at radius 2 is 1.91 bits per heavy atom. The largest absolute Gasteiger partial charge is 0.506 e. The number of hydrogen-bond donors (Lipinski definition) is 1. The second kappa shape index (κ2) is 6.50. The average molecular weight is 377 g/mol. The summed E-state index contributed by atoms with van der Waals surface area (Å²) < 4.78 is 0.261. The first-order valence-corrected chi connectivity index (χ1v) is 7.80. The van der Waals surface area contributed by atoms with E-state index < -0.39 is 4.92 Å². The molecule has 0 aliphatic rings. The Kier molecular flexibility index (Phi) is 4.85. The van der Waals surface area contributed by atoms with Crippen LogP contribution in [0.1, 0.15) is 31.9 Å². The zero-order chi connectivity index (χ0) is 17.2. The molecule has 23 heavy (non-hydrogen) atoms. The summed E-state index contributed by atoms with van der Waals surface area (Å²) >= 11 is 3.12. The molecule has 120 valence electrons. The molecule has 0 saturated carbocycles. The highest BCUT2D eigenvalue weighted by molar-refractivity contribution is 9.10. The Balaban J connectivity index is 2.48. The Morgan fingerprint density at radius 1 is 1.26 bits per heavy atom. The van der Waals surface area contributed by atoms with Crippen LogP contribution in [0.5, 0.6) is 5.75 Å². The van der Waals surface area contributed by atoms with Gasteiger partial charge in [0, 0.05) is 23.9 Å². The topological polar surface area (TPSA) is 75.7 Å². The van der Waals surface area contributed by atoms with Crippen LogP contribution in [0.15, 0.2) is 45.9 Å². The van der Waals surface area contributed by atoms with Crippen molar-refractivity contribution in [3.63, 3.8) is 0 Å². The van der Waals surface area contributed by atoms with Gasteiger partial charge < -0.3 is 5.11 Å². The van der Waals surface area contributed by atoms with E-state index >= 15 is 0 Å². The number of phenols is 1. The number of hydrogen-bond acceptors (Lipinski definition) is 4. The van der Waals surface area contributed by atoms with Gasteiger partial charge >= 0.3 is 0 Å². The summed E-state index contributed by atoms with van der Waals surface area (Å²) in [4.78, 5) is 14.8. The summed E-state index contributed by atoms with van der Waals surface area (Å²) in [6.45, 7) is 6.26. The lowest BCUT2D eigenvalue weighted by atomic mass is 9.86. The van der Waals surface area contributed by atoms with Crippen LogP contribution in [0.4, 0.5) is 11.4 Å². The summed E-state index contributed by atoms with van der Waals surface area (Å²) in [7, 11) is 0. The molecule has 0 amide bonds. The van der Waals surface area contributed by atoms with Crippen molar-refractivity contribution in [1.82, 2.24) is 0 Å². The van der Waals surface area contributed by atoms with E-state index in [0.29, 0.717) is 0 Å². The van der Waals surface area contributed by atoms with Gasteiger partial charge in [0.1, 0.15) is 5.75 Å². The minimum absolute atomic E-state index is 0.0763. The van der Waals surface area contributed by atoms with E-state index in [1.807, 2.05) is 24.3 Å². The predicted molar refractivity (Wildman–Crippen MR) is 94.9 cm³/mol. The highest BCUT2D eigenvalue weighted by Gasteiger charge is 2.17. The number of aromatic hydroxyl groups is 1. The summed E-state index contributed by atoms with van der Waals surface area (Å²) in [6.07, 6.45) is 1.44. The van der Waals surface area contributed by atoms with Gasteiger partial charge in [-0.05, 0) is 33.0 Å². The first kappa shape index (κ1) is 17.1. The lowest BCUT2D eigenvalue weighted by Gasteiger charge is -2.20. The second-order valence-corrected chi connectivity index (χ2v) is 7.00. The van der Waals surface area contributed by atoms with Gasteiger partial charge in [-0.15, -0.1) is 0 Å². The van der Waals surface area contributed by atoms with Gasteiger partial charge in [-0.25, -0.2) is 0 Å². The third-order valence-corrected chi connectivity index (χ3v) is 3.95. The molecule has 6 heteroatoms. The number of nitro benzene ring substituents is 1. The molecule has 5 nitrogen and oxygen atoms in total. The monoisotopic (exact) mass is 376 g/mol. The van der Waals surface area contributed by atoms with E-state index in [9.17, 15) is 15.2 Å². The molecule has 0 bridgehead atoms. The number of non-ortho nitro benzene ring substituents is 1. The van der Waals surface area contributed by atoms with Crippen LogP contribution >= 0.6 is 15.9 Å². The molecule has 0 radical (unpaired) electrons. The molecule has 2 aromatic rings. The maximum Gasteiger partial charge on any atom is 0.271 e. The van der Waals surface area contributed by atoms with Crippen LogP contribution in [-0.4, -0.2) is 16.2 Å². The zero-order valence-electron chi connectivity index (χ0n) is 13.1. The Hall–Kier alpha value is -2.21. The predicted octanol–water partition coefficient (Wildman–Crippen LogP) is 5.11. The molecule has 0 fully saturated rings. The number of nitrogens with zero attached hydrogens (tertiary/aromatic N) is 2. The summed E-state index contributed by atoms with van der Waals surface area (Å²) in [5.74, 6) is -0.0763. The highest BCUT2D eigenvalue weighted by Crippen LogP contribution is 2.34. The molecule has 2 rings (SSSR count). The average Bonchev–Trinajstić information content (AvgIpc) is 2.47. The fourth-order valence-electron chi connectivity index (χ4n) is 2.17. The Labute approximate surface area is 143 Å². The molecular formula is C17H17BrN2O3. The summed E-state index contributed by atoms with van der Waals surface area (Å²) in [5.41, 5.74) is 1.91. The number of rotatable bonds is 3. The van der Waals surface area contributed by atoms with E-state index in [2.05, 4.69) is 41.7 Å². The molecular weight excluding hydrogens is 360 g/mol. The fraction of sp³-hybridized carbons (Fsp3) is 0.235. The molecule has 0 heterocycles. The molecule has 0 unspecified atom stereocenters. The number of phenolic OH excluding ortho intramolecular Hbond substituents is 1. The van der Waals surface area contributed by atoms with Crippen LogP contribution in [0.3, 0.4) is 0 Å². The number of nitro groups is 1. The molecule has 1 N–H and O–H groups in total. The first-order chi connectivity index (χ1) is 10.7. The molecule has 0 aliphatic heterocycles. The third kappa shape index (κ3) is 3.96. The Bertz CT molecular complexity index is 780. The maximum absolute atomic E-state index is 10.9. The number of para-hydroxylation sites is 1. The van der Waals surface area contributed by atoms with Crippen molar-refractivity contribution < 1.29 is 10.0 Å². The number of halogens is 1. The van der Waals surface area contributed by atoms with Gasteiger partial charge in [0.25, 0.3) is 5.69 Å². The molecule has 2 aromatic carbocycles. The fourth-order valence-corrected chi connectivity index (χ4v) is 2.63. The molecule has 0 aliphatic carbocycles. The van der Waals surface area contributed by atoms with Gasteiger partial charge in [0.2, 0.25) is 0 Å². The minimum Gasteiger partial charge on any atom is -0.506 e. The van der Waals surface area contributed by atoms with Crippen LogP contribution < -0.4 is 0 Å². The van der Waals surface area contributed by atoms with Gasteiger partial charge in [-0.2, -0.15) is 0 Å². The Morgan fingerprint density at radius 3 is 2.52 bits per heavy atom. The quantitative estimate of drug-likeness (QED) is 0.459. The zero-order valence-corrected chi connectivity index (χ0v) is 14.7. The van der Waals surface area contributed by atoms with E-state index in [4.69, 9.17) is 0 Å². The first-order valence-electron chi connectivity index (χ1n) is 7.00. The van der Waals surface area contributed by atoms with Crippen LogP contribution in [0, 0.1) is 10.1 Å². The molecule has 0 atom stereocenters. The lowest BCUT2D eigenvalue weighted by Crippen LogP contribution is -2.11. The van der Waals surface area contributed by atoms with Crippen molar-refractivity contribution in [1.29, 1.82) is 0 Å². The van der Waals surface area contributed by atoms with Gasteiger partial charge in [-0.3, -0.25) is 15.1 Å². The smallest absolute Gasteiger partial charge is 0.271 e. The molecule has 0 aromatic heterocycles. The van der Waals surface area contributed by atoms with Crippen molar-refractivity contribution in [2.45, 2.75) is 26.2 Å². The van der Waals surface area contributed by atoms with E-state index in [-0.39, 0.29) is 26.9 Å². The van der Waals surface area contributed by atoms with Crippen LogP contribution in [-0.2, 0) is 5.41 Å². The van der Waals surface area contributed by atoms with Crippen molar-refractivity contribution in [3.05, 3.63) is 62.1 Å². The molecule has 0 saturated heterocycles. The van der Waals surface area contributed by atoms with E-state index in [1.54, 1.807) is 0 Å². The van der Waals surface area contributed by atoms with Crippen molar-refractivity contribution in [2.75, 3.05) is 0 Å². The maximum atomic E-state index is 10.9. The SMILES string of the molecule is CC(C)(C)c1ccccc1/N=C/c1cc([N+](=O)[O-])cc(Br)c1O.